The summed E-state index contributed by atoms with van der Waals surface area (Å²) < 4.78 is 5.49. The van der Waals surface area contributed by atoms with Crippen molar-refractivity contribution in [2.24, 2.45) is 0 Å². The molecule has 1 unspecified atom stereocenters. The minimum absolute atomic E-state index is 0.0875. The predicted octanol–water partition coefficient (Wildman–Crippen LogP) is 1.38. The first-order chi connectivity index (χ1) is 6.68. The van der Waals surface area contributed by atoms with Crippen LogP contribution >= 0.6 is 0 Å². The Morgan fingerprint density at radius 3 is 2.79 bits per heavy atom. The number of aromatic nitrogens is 1. The largest absolute Gasteiger partial charge is 0.340 e. The van der Waals surface area contributed by atoms with Gasteiger partial charge in [-0.25, -0.2) is 0 Å². The van der Waals surface area contributed by atoms with Gasteiger partial charge in [0.25, 0.3) is 0 Å². The van der Waals surface area contributed by atoms with Crippen LogP contribution in [0.2, 0.25) is 0 Å². The van der Waals surface area contributed by atoms with Crippen molar-refractivity contribution in [3.05, 3.63) is 24.0 Å². The van der Waals surface area contributed by atoms with Crippen LogP contribution in [0.25, 0.3) is 0 Å². The van der Waals surface area contributed by atoms with Crippen molar-refractivity contribution in [2.75, 3.05) is 18.8 Å². The lowest BCUT2D eigenvalue weighted by molar-refractivity contribution is 0.105. The summed E-state index contributed by atoms with van der Waals surface area (Å²) >= 11 is 0. The van der Waals surface area contributed by atoms with Crippen molar-refractivity contribution < 1.29 is 4.74 Å². The van der Waals surface area contributed by atoms with Gasteiger partial charge in [0.05, 0.1) is 11.9 Å². The maximum absolute atomic E-state index is 5.49. The average molecular weight is 193 g/mol. The molecule has 1 atom stereocenters. The van der Waals surface area contributed by atoms with Crippen LogP contribution in [0.1, 0.15) is 12.6 Å². The molecule has 1 aromatic rings. The maximum Gasteiger partial charge on any atom is 0.143 e. The van der Waals surface area contributed by atoms with E-state index in [4.69, 9.17) is 4.74 Å². The minimum atomic E-state index is 0.0875. The third kappa shape index (κ3) is 1.58. The monoisotopic (exact) mass is 193 g/mol. The van der Waals surface area contributed by atoms with E-state index in [-0.39, 0.29) is 6.23 Å². The highest BCUT2D eigenvalue weighted by Gasteiger charge is 2.26. The number of rotatable bonds is 1. The van der Waals surface area contributed by atoms with Gasteiger partial charge >= 0.3 is 0 Å². The molecule has 2 heterocycles. The van der Waals surface area contributed by atoms with E-state index in [1.54, 1.807) is 0 Å². The molecule has 0 aliphatic carbocycles. The second-order valence-electron chi connectivity index (χ2n) is 3.56. The zero-order valence-corrected chi connectivity index (χ0v) is 8.77. The van der Waals surface area contributed by atoms with Gasteiger partial charge in [-0.1, -0.05) is 0 Å². The molecule has 0 radical (unpaired) electrons. The van der Waals surface area contributed by atoms with E-state index in [2.05, 4.69) is 16.1 Å². The van der Waals surface area contributed by atoms with E-state index in [1.807, 2.05) is 38.2 Å². The fraction of sp³-hybridized carbons (Fsp3) is 0.500. The number of hydrogen-bond acceptors (Lipinski definition) is 4. The molecule has 0 amide bonds. The zero-order valence-electron chi connectivity index (χ0n) is 8.77. The van der Waals surface area contributed by atoms with Gasteiger partial charge in [-0.05, 0) is 26.0 Å². The number of hydrogen-bond donors (Lipinski definition) is 0. The van der Waals surface area contributed by atoms with Gasteiger partial charge in [0.2, 0.25) is 0 Å². The molecule has 0 bridgehead atoms. The van der Waals surface area contributed by atoms with Crippen LogP contribution in [0.5, 0.6) is 0 Å². The molecule has 1 aliphatic heterocycles. The number of aryl methyl sites for hydroxylation is 1. The van der Waals surface area contributed by atoms with E-state index < -0.39 is 0 Å². The van der Waals surface area contributed by atoms with Gasteiger partial charge in [0, 0.05) is 12.7 Å². The van der Waals surface area contributed by atoms with Crippen LogP contribution in [0.4, 0.5) is 5.69 Å². The molecule has 1 aromatic heterocycles. The van der Waals surface area contributed by atoms with E-state index in [1.165, 1.54) is 0 Å². The lowest BCUT2D eigenvalue weighted by Crippen LogP contribution is -2.37. The summed E-state index contributed by atoms with van der Waals surface area (Å²) in [6, 6.07) is 4.07. The van der Waals surface area contributed by atoms with Crippen LogP contribution in [0.3, 0.4) is 0 Å². The highest BCUT2D eigenvalue weighted by Crippen LogP contribution is 2.22. The highest BCUT2D eigenvalue weighted by atomic mass is 16.5. The van der Waals surface area contributed by atoms with Crippen LogP contribution in [-0.2, 0) is 4.74 Å². The summed E-state index contributed by atoms with van der Waals surface area (Å²) in [7, 11) is 2.00. The molecule has 14 heavy (non-hydrogen) atoms. The number of ether oxygens (including phenoxy) is 1. The summed E-state index contributed by atoms with van der Waals surface area (Å²) in [6.07, 6.45) is 1.96. The van der Waals surface area contributed by atoms with Crippen molar-refractivity contribution in [3.8, 4) is 0 Å². The molecule has 0 saturated carbocycles. The Labute approximate surface area is 84.1 Å². The summed E-state index contributed by atoms with van der Waals surface area (Å²) in [5, 5.41) is 4.13. The Morgan fingerprint density at radius 1 is 1.50 bits per heavy atom. The molecule has 1 saturated heterocycles. The Balaban J connectivity index is 2.25. The van der Waals surface area contributed by atoms with Gasteiger partial charge < -0.3 is 4.74 Å². The molecular weight excluding hydrogens is 178 g/mol. The van der Waals surface area contributed by atoms with Gasteiger partial charge in [-0.2, -0.15) is 5.01 Å². The SMILES string of the molecule is Cc1ccc(N2C(C)OCN2C)cn1. The lowest BCUT2D eigenvalue weighted by Gasteiger charge is -2.26. The van der Waals surface area contributed by atoms with Crippen molar-refractivity contribution in [3.63, 3.8) is 0 Å². The zero-order chi connectivity index (χ0) is 10.1. The summed E-state index contributed by atoms with van der Waals surface area (Å²) in [4.78, 5) is 4.27. The number of pyridine rings is 1. The summed E-state index contributed by atoms with van der Waals surface area (Å²) in [6.45, 7) is 4.65. The van der Waals surface area contributed by atoms with Crippen LogP contribution in [0, 0.1) is 6.92 Å². The van der Waals surface area contributed by atoms with Crippen molar-refractivity contribution >= 4 is 5.69 Å². The molecule has 4 nitrogen and oxygen atoms in total. The van der Waals surface area contributed by atoms with E-state index in [0.29, 0.717) is 6.73 Å². The molecule has 76 valence electrons. The molecule has 2 rings (SSSR count). The predicted molar refractivity (Wildman–Crippen MR) is 54.6 cm³/mol. The van der Waals surface area contributed by atoms with Crippen molar-refractivity contribution in [2.45, 2.75) is 20.1 Å². The fourth-order valence-corrected chi connectivity index (χ4v) is 1.63. The van der Waals surface area contributed by atoms with Gasteiger partial charge in [-0.3, -0.25) is 9.99 Å². The van der Waals surface area contributed by atoms with E-state index in [9.17, 15) is 0 Å². The third-order valence-corrected chi connectivity index (χ3v) is 2.38. The number of hydrazine groups is 1. The van der Waals surface area contributed by atoms with E-state index >= 15 is 0 Å². The van der Waals surface area contributed by atoms with Crippen LogP contribution < -0.4 is 5.01 Å². The standard InChI is InChI=1S/C10H15N3O/c1-8-4-5-10(6-11-8)13-9(2)14-7-12(13)3/h4-6,9H,7H2,1-3H3. The number of nitrogens with zero attached hydrogens (tertiary/aromatic N) is 3. The quantitative estimate of drug-likeness (QED) is 0.673. The summed E-state index contributed by atoms with van der Waals surface area (Å²) in [5.74, 6) is 0. The topological polar surface area (TPSA) is 28.6 Å². The number of anilines is 1. The highest BCUT2D eigenvalue weighted by molar-refractivity contribution is 5.44. The molecule has 1 fully saturated rings. The average Bonchev–Trinajstić information content (AvgIpc) is 2.49. The Kier molecular flexibility index (Phi) is 2.39. The third-order valence-electron chi connectivity index (χ3n) is 2.38. The first-order valence-electron chi connectivity index (χ1n) is 4.73. The first kappa shape index (κ1) is 9.43. The molecule has 1 aliphatic rings. The smallest absolute Gasteiger partial charge is 0.143 e. The Morgan fingerprint density at radius 2 is 2.29 bits per heavy atom. The molecular formula is C10H15N3O. The van der Waals surface area contributed by atoms with Crippen molar-refractivity contribution in [1.82, 2.24) is 9.99 Å². The second-order valence-corrected chi connectivity index (χ2v) is 3.56. The van der Waals surface area contributed by atoms with Crippen molar-refractivity contribution in [1.29, 1.82) is 0 Å². The van der Waals surface area contributed by atoms with Gasteiger partial charge in [0.15, 0.2) is 0 Å². The first-order valence-corrected chi connectivity index (χ1v) is 4.73. The Bertz CT molecular complexity index is 302. The fourth-order valence-electron chi connectivity index (χ4n) is 1.63. The van der Waals surface area contributed by atoms with Gasteiger partial charge in [-0.15, -0.1) is 0 Å². The Hall–Kier alpha value is -1.13. The maximum atomic E-state index is 5.49. The molecule has 4 heteroatoms. The van der Waals surface area contributed by atoms with Crippen LogP contribution in [0.15, 0.2) is 18.3 Å². The summed E-state index contributed by atoms with van der Waals surface area (Å²) in [5.41, 5.74) is 2.10. The normalized spacial score (nSPS) is 23.1. The molecule has 0 aromatic carbocycles. The van der Waals surface area contributed by atoms with E-state index in [0.717, 1.165) is 11.4 Å². The molecule has 0 spiro atoms. The second kappa shape index (κ2) is 3.55. The lowest BCUT2D eigenvalue weighted by atomic mass is 10.3. The van der Waals surface area contributed by atoms with Crippen LogP contribution in [-0.4, -0.2) is 30.0 Å². The van der Waals surface area contributed by atoms with Gasteiger partial charge in [0.1, 0.15) is 13.0 Å². The molecule has 0 N–H and O–H groups in total. The minimum Gasteiger partial charge on any atom is -0.340 e.